The van der Waals surface area contributed by atoms with E-state index in [0.29, 0.717) is 25.5 Å². The third kappa shape index (κ3) is 3.49. The summed E-state index contributed by atoms with van der Waals surface area (Å²) in [6, 6.07) is 13.0. The van der Waals surface area contributed by atoms with E-state index in [-0.39, 0.29) is 18.0 Å². The number of quaternary nitrogens is 1. The molecule has 1 aliphatic rings. The fraction of sp³-hybridized carbons (Fsp3) is 0.278. The Kier molecular flexibility index (Phi) is 4.84. The number of hydrogen-bond acceptors (Lipinski definition) is 6. The van der Waals surface area contributed by atoms with E-state index in [0.717, 1.165) is 16.0 Å². The molecule has 0 radical (unpaired) electrons. The number of hydrogen-bond donors (Lipinski definition) is 1. The van der Waals surface area contributed by atoms with Gasteiger partial charge >= 0.3 is 0 Å². The van der Waals surface area contributed by atoms with Crippen LogP contribution in [0.2, 0.25) is 0 Å². The van der Waals surface area contributed by atoms with Gasteiger partial charge in [0, 0.05) is 6.07 Å². The highest BCUT2D eigenvalue weighted by Crippen LogP contribution is 2.26. The van der Waals surface area contributed by atoms with Crippen molar-refractivity contribution in [2.45, 2.75) is 11.4 Å². The number of nitrogens with one attached hydrogen (secondary N) is 1. The Hall–Kier alpha value is -2.82. The third-order valence-electron chi connectivity index (χ3n) is 4.85. The number of nitro groups is 1. The lowest BCUT2D eigenvalue weighted by Gasteiger charge is -2.30. The quantitative estimate of drug-likeness (QED) is 0.499. The molecule has 10 heteroatoms. The summed E-state index contributed by atoms with van der Waals surface area (Å²) in [5.74, 6) is 0.617. The number of para-hydroxylation sites is 3. The molecule has 4 rings (SSSR count). The van der Waals surface area contributed by atoms with Gasteiger partial charge in [-0.05, 0) is 18.2 Å². The van der Waals surface area contributed by atoms with Crippen molar-refractivity contribution in [3.05, 3.63) is 64.5 Å². The summed E-state index contributed by atoms with van der Waals surface area (Å²) in [6.07, 6.45) is 0. The zero-order valence-corrected chi connectivity index (χ0v) is 15.8. The number of piperazine rings is 1. The van der Waals surface area contributed by atoms with E-state index in [2.05, 4.69) is 4.98 Å². The van der Waals surface area contributed by atoms with Gasteiger partial charge in [0.15, 0.2) is 17.0 Å². The summed E-state index contributed by atoms with van der Waals surface area (Å²) < 4.78 is 32.8. The van der Waals surface area contributed by atoms with E-state index in [1.165, 1.54) is 28.6 Å². The van der Waals surface area contributed by atoms with Gasteiger partial charge in [-0.25, -0.2) is 13.4 Å². The molecule has 1 N–H and O–H groups in total. The zero-order chi connectivity index (χ0) is 19.7. The highest BCUT2D eigenvalue weighted by atomic mass is 32.2. The minimum absolute atomic E-state index is 0.262. The molecule has 1 aromatic heterocycles. The Labute approximate surface area is 161 Å². The Balaban J connectivity index is 1.45. The SMILES string of the molecule is O=[N+]([O-])c1ccccc1S(=O)(=O)N1CC[NH+](Cc2nc3ccccc3o2)CC1. The van der Waals surface area contributed by atoms with Crippen molar-refractivity contribution in [2.24, 2.45) is 0 Å². The second-order valence-corrected chi connectivity index (χ2v) is 8.54. The molecule has 9 nitrogen and oxygen atoms in total. The van der Waals surface area contributed by atoms with Gasteiger partial charge in [0.1, 0.15) is 5.52 Å². The lowest BCUT2D eigenvalue weighted by molar-refractivity contribution is -0.918. The van der Waals surface area contributed by atoms with Crippen LogP contribution in [0.15, 0.2) is 57.8 Å². The van der Waals surface area contributed by atoms with Crippen molar-refractivity contribution >= 4 is 26.8 Å². The Bertz CT molecular complexity index is 1090. The fourth-order valence-electron chi connectivity index (χ4n) is 3.39. The molecule has 1 saturated heterocycles. The Morgan fingerprint density at radius 3 is 2.50 bits per heavy atom. The molecule has 2 aromatic carbocycles. The van der Waals surface area contributed by atoms with E-state index in [9.17, 15) is 18.5 Å². The number of rotatable bonds is 5. The highest BCUT2D eigenvalue weighted by molar-refractivity contribution is 7.89. The first-order valence-electron chi connectivity index (χ1n) is 8.87. The molecule has 2 heterocycles. The van der Waals surface area contributed by atoms with Gasteiger partial charge in [0.05, 0.1) is 31.1 Å². The number of sulfonamides is 1. The molecule has 1 aliphatic heterocycles. The first-order valence-corrected chi connectivity index (χ1v) is 10.3. The first-order chi connectivity index (χ1) is 13.4. The standard InChI is InChI=1S/C18H18N4O5S/c23-22(24)15-6-2-4-8-17(15)28(25,26)21-11-9-20(10-12-21)13-18-19-14-5-1-3-7-16(14)27-18/h1-8H,9-13H2/p+1. The number of oxazole rings is 1. The molecule has 1 fully saturated rings. The van der Waals surface area contributed by atoms with Crippen LogP contribution in [-0.4, -0.2) is 48.8 Å². The highest BCUT2D eigenvalue weighted by Gasteiger charge is 2.35. The van der Waals surface area contributed by atoms with Crippen LogP contribution in [-0.2, 0) is 16.6 Å². The molecule has 0 spiro atoms. The van der Waals surface area contributed by atoms with Crippen molar-refractivity contribution in [2.75, 3.05) is 26.2 Å². The van der Waals surface area contributed by atoms with Crippen molar-refractivity contribution in [1.82, 2.24) is 9.29 Å². The van der Waals surface area contributed by atoms with Gasteiger partial charge in [-0.15, -0.1) is 0 Å². The van der Waals surface area contributed by atoms with Gasteiger partial charge in [-0.3, -0.25) is 10.1 Å². The summed E-state index contributed by atoms with van der Waals surface area (Å²) >= 11 is 0. The van der Waals surface area contributed by atoms with Crippen LogP contribution in [0.5, 0.6) is 0 Å². The molecule has 0 bridgehead atoms. The van der Waals surface area contributed by atoms with Gasteiger partial charge in [0.25, 0.3) is 11.6 Å². The normalized spacial score (nSPS) is 16.4. The van der Waals surface area contributed by atoms with Gasteiger partial charge in [0.2, 0.25) is 10.0 Å². The zero-order valence-electron chi connectivity index (χ0n) is 14.9. The van der Waals surface area contributed by atoms with Crippen molar-refractivity contribution in [3.63, 3.8) is 0 Å². The van der Waals surface area contributed by atoms with Gasteiger partial charge < -0.3 is 9.32 Å². The maximum absolute atomic E-state index is 12.9. The molecular formula is C18H19N4O5S+. The summed E-state index contributed by atoms with van der Waals surface area (Å²) in [4.78, 5) is 15.9. The monoisotopic (exact) mass is 403 g/mol. The maximum atomic E-state index is 12.9. The summed E-state index contributed by atoms with van der Waals surface area (Å²) in [5.41, 5.74) is 1.13. The largest absolute Gasteiger partial charge is 0.435 e. The topological polar surface area (TPSA) is 111 Å². The molecule has 0 amide bonds. The number of fused-ring (bicyclic) bond motifs is 1. The second kappa shape index (κ2) is 7.30. The maximum Gasteiger partial charge on any atom is 0.289 e. The predicted octanol–water partition coefficient (Wildman–Crippen LogP) is 0.825. The third-order valence-corrected chi connectivity index (χ3v) is 6.79. The first kappa shape index (κ1) is 18.5. The number of nitrogens with zero attached hydrogens (tertiary/aromatic N) is 3. The average Bonchev–Trinajstić information content (AvgIpc) is 3.10. The van der Waals surface area contributed by atoms with Gasteiger partial charge in [-0.1, -0.05) is 24.3 Å². The average molecular weight is 403 g/mol. The second-order valence-electron chi connectivity index (χ2n) is 6.63. The summed E-state index contributed by atoms with van der Waals surface area (Å²) in [7, 11) is -3.92. The lowest BCUT2D eigenvalue weighted by Crippen LogP contribution is -3.13. The predicted molar refractivity (Wildman–Crippen MR) is 100 cm³/mol. The van der Waals surface area contributed by atoms with Crippen LogP contribution in [0, 0.1) is 10.1 Å². The number of nitro benzene ring substituents is 1. The van der Waals surface area contributed by atoms with Crippen LogP contribution in [0.1, 0.15) is 5.89 Å². The molecule has 3 aromatic rings. The molecule has 0 unspecified atom stereocenters. The van der Waals surface area contributed by atoms with Crippen molar-refractivity contribution < 1.29 is 22.7 Å². The molecule has 0 saturated carbocycles. The minimum atomic E-state index is -3.92. The number of benzene rings is 2. The van der Waals surface area contributed by atoms with Crippen LogP contribution < -0.4 is 4.90 Å². The van der Waals surface area contributed by atoms with E-state index < -0.39 is 20.6 Å². The molecule has 28 heavy (non-hydrogen) atoms. The minimum Gasteiger partial charge on any atom is -0.435 e. The smallest absolute Gasteiger partial charge is 0.289 e. The van der Waals surface area contributed by atoms with Crippen LogP contribution >= 0.6 is 0 Å². The van der Waals surface area contributed by atoms with Crippen molar-refractivity contribution in [3.8, 4) is 0 Å². The molecule has 146 valence electrons. The van der Waals surface area contributed by atoms with Crippen LogP contribution in [0.25, 0.3) is 11.1 Å². The van der Waals surface area contributed by atoms with E-state index in [4.69, 9.17) is 4.42 Å². The summed E-state index contributed by atoms with van der Waals surface area (Å²) in [6.45, 7) is 2.26. The summed E-state index contributed by atoms with van der Waals surface area (Å²) in [5, 5.41) is 11.2. The molecule has 0 atom stereocenters. The number of aromatic nitrogens is 1. The fourth-order valence-corrected chi connectivity index (χ4v) is 4.99. The van der Waals surface area contributed by atoms with Crippen molar-refractivity contribution in [1.29, 1.82) is 0 Å². The molecular weight excluding hydrogens is 384 g/mol. The van der Waals surface area contributed by atoms with Crippen LogP contribution in [0.4, 0.5) is 5.69 Å². The van der Waals surface area contributed by atoms with E-state index in [1.54, 1.807) is 0 Å². The Morgan fingerprint density at radius 2 is 1.79 bits per heavy atom. The Morgan fingerprint density at radius 1 is 1.11 bits per heavy atom. The van der Waals surface area contributed by atoms with Gasteiger partial charge in [-0.2, -0.15) is 4.31 Å². The molecule has 0 aliphatic carbocycles. The lowest BCUT2D eigenvalue weighted by atomic mass is 10.3. The van der Waals surface area contributed by atoms with Crippen LogP contribution in [0.3, 0.4) is 0 Å². The van der Waals surface area contributed by atoms with E-state index >= 15 is 0 Å². The van der Waals surface area contributed by atoms with E-state index in [1.807, 2.05) is 24.3 Å².